The zero-order valence-corrected chi connectivity index (χ0v) is 11.0. The quantitative estimate of drug-likeness (QED) is 0.622. The van der Waals surface area contributed by atoms with Crippen molar-refractivity contribution in [3.63, 3.8) is 0 Å². The molecule has 0 aromatic rings. The fourth-order valence-corrected chi connectivity index (χ4v) is 2.40. The van der Waals surface area contributed by atoms with Crippen molar-refractivity contribution in [2.24, 2.45) is 5.92 Å². The Hall–Kier alpha value is -1.15. The summed E-state index contributed by atoms with van der Waals surface area (Å²) in [6.07, 6.45) is -0.443. The zero-order chi connectivity index (χ0) is 13.6. The SMILES string of the molecule is CNC(=O)C(C)CN(C)S(=O)(=O)CCC(=O)O. The van der Waals surface area contributed by atoms with Gasteiger partial charge in [-0.2, -0.15) is 0 Å². The number of carboxylic acids is 1. The molecule has 7 nitrogen and oxygen atoms in total. The van der Waals surface area contributed by atoms with Crippen molar-refractivity contribution in [2.45, 2.75) is 13.3 Å². The van der Waals surface area contributed by atoms with Gasteiger partial charge in [0.25, 0.3) is 0 Å². The zero-order valence-electron chi connectivity index (χ0n) is 10.1. The third-order valence-corrected chi connectivity index (χ3v) is 4.09. The van der Waals surface area contributed by atoms with Crippen molar-refractivity contribution in [1.29, 1.82) is 0 Å². The highest BCUT2D eigenvalue weighted by Crippen LogP contribution is 2.05. The number of hydrogen-bond donors (Lipinski definition) is 2. The average Bonchev–Trinajstić information content (AvgIpc) is 2.25. The first kappa shape index (κ1) is 15.9. The Kier molecular flexibility index (Phi) is 6.11. The second-order valence-corrected chi connectivity index (χ2v) is 5.95. The lowest BCUT2D eigenvalue weighted by molar-refractivity contribution is -0.136. The minimum absolute atomic E-state index is 0.0294. The summed E-state index contributed by atoms with van der Waals surface area (Å²) in [5.74, 6) is -2.37. The summed E-state index contributed by atoms with van der Waals surface area (Å²) in [4.78, 5) is 21.5. The van der Waals surface area contributed by atoms with Gasteiger partial charge < -0.3 is 10.4 Å². The second kappa shape index (κ2) is 6.55. The van der Waals surface area contributed by atoms with E-state index in [1.54, 1.807) is 6.92 Å². The standard InChI is InChI=1S/C9H18N2O5S/c1-7(9(14)10-2)6-11(3)17(15,16)5-4-8(12)13/h7H,4-6H2,1-3H3,(H,10,14)(H,12,13). The lowest BCUT2D eigenvalue weighted by Crippen LogP contribution is -2.38. The van der Waals surface area contributed by atoms with Crippen LogP contribution in [-0.2, 0) is 19.6 Å². The highest BCUT2D eigenvalue weighted by atomic mass is 32.2. The Morgan fingerprint density at radius 2 is 1.94 bits per heavy atom. The molecule has 0 heterocycles. The average molecular weight is 266 g/mol. The van der Waals surface area contributed by atoms with Crippen LogP contribution in [-0.4, -0.2) is 56.1 Å². The first-order valence-electron chi connectivity index (χ1n) is 5.08. The lowest BCUT2D eigenvalue weighted by Gasteiger charge is -2.19. The summed E-state index contributed by atoms with van der Waals surface area (Å²) >= 11 is 0. The maximum Gasteiger partial charge on any atom is 0.304 e. The van der Waals surface area contributed by atoms with Crippen LogP contribution < -0.4 is 5.32 Å². The van der Waals surface area contributed by atoms with Gasteiger partial charge in [0, 0.05) is 26.6 Å². The molecule has 0 radical (unpaired) electrons. The number of carboxylic acid groups (broad SMARTS) is 1. The minimum Gasteiger partial charge on any atom is -0.481 e. The van der Waals surface area contributed by atoms with Gasteiger partial charge in [0.2, 0.25) is 15.9 Å². The molecule has 0 aliphatic heterocycles. The third-order valence-electron chi connectivity index (χ3n) is 2.27. The Morgan fingerprint density at radius 1 is 1.41 bits per heavy atom. The molecule has 0 aromatic heterocycles. The van der Waals surface area contributed by atoms with E-state index in [-0.39, 0.29) is 12.5 Å². The molecule has 2 N–H and O–H groups in total. The smallest absolute Gasteiger partial charge is 0.304 e. The summed E-state index contributed by atoms with van der Waals surface area (Å²) in [5, 5.41) is 10.8. The Morgan fingerprint density at radius 3 is 2.35 bits per heavy atom. The highest BCUT2D eigenvalue weighted by molar-refractivity contribution is 7.89. The summed E-state index contributed by atoms with van der Waals surface area (Å²) < 4.78 is 24.2. The molecule has 0 saturated carbocycles. The number of nitrogens with one attached hydrogen (secondary N) is 1. The maximum absolute atomic E-state index is 11.6. The van der Waals surface area contributed by atoms with Crippen molar-refractivity contribution >= 4 is 21.9 Å². The summed E-state index contributed by atoms with van der Waals surface area (Å²) in [5.41, 5.74) is 0. The van der Waals surface area contributed by atoms with Gasteiger partial charge in [-0.25, -0.2) is 12.7 Å². The molecular weight excluding hydrogens is 248 g/mol. The molecule has 1 amide bonds. The first-order chi connectivity index (χ1) is 7.70. The molecular formula is C9H18N2O5S. The van der Waals surface area contributed by atoms with Gasteiger partial charge in [0.15, 0.2) is 0 Å². The van der Waals surface area contributed by atoms with Crippen LogP contribution in [0, 0.1) is 5.92 Å². The molecule has 1 atom stereocenters. The van der Waals surface area contributed by atoms with Gasteiger partial charge in [-0.3, -0.25) is 9.59 Å². The summed E-state index contributed by atoms with van der Waals surface area (Å²) in [6, 6.07) is 0. The number of carbonyl (C=O) groups is 2. The van der Waals surface area contributed by atoms with Crippen LogP contribution in [0.5, 0.6) is 0 Å². The van der Waals surface area contributed by atoms with E-state index < -0.39 is 34.1 Å². The Balaban J connectivity index is 4.43. The van der Waals surface area contributed by atoms with E-state index in [1.807, 2.05) is 0 Å². The fraction of sp³-hybridized carbons (Fsp3) is 0.778. The molecule has 0 fully saturated rings. The summed E-state index contributed by atoms with van der Waals surface area (Å²) in [7, 11) is -0.820. The van der Waals surface area contributed by atoms with Crippen LogP contribution in [0.25, 0.3) is 0 Å². The first-order valence-corrected chi connectivity index (χ1v) is 6.69. The molecule has 8 heteroatoms. The molecule has 0 saturated heterocycles. The molecule has 0 aliphatic rings. The van der Waals surface area contributed by atoms with E-state index in [1.165, 1.54) is 14.1 Å². The topological polar surface area (TPSA) is 104 Å². The van der Waals surface area contributed by atoms with E-state index in [0.29, 0.717) is 0 Å². The van der Waals surface area contributed by atoms with E-state index >= 15 is 0 Å². The monoisotopic (exact) mass is 266 g/mol. The van der Waals surface area contributed by atoms with Crippen LogP contribution in [0.3, 0.4) is 0 Å². The lowest BCUT2D eigenvalue weighted by atomic mass is 10.2. The fourth-order valence-electron chi connectivity index (χ4n) is 1.20. The van der Waals surface area contributed by atoms with Crippen LogP contribution >= 0.6 is 0 Å². The number of carbonyl (C=O) groups excluding carboxylic acids is 1. The number of sulfonamides is 1. The van der Waals surface area contributed by atoms with Gasteiger partial charge in [0.1, 0.15) is 0 Å². The molecule has 0 bridgehead atoms. The highest BCUT2D eigenvalue weighted by Gasteiger charge is 2.23. The van der Waals surface area contributed by atoms with Crippen LogP contribution in [0.1, 0.15) is 13.3 Å². The molecule has 0 aliphatic carbocycles. The molecule has 1 unspecified atom stereocenters. The predicted octanol–water partition coefficient (Wildman–Crippen LogP) is -0.895. The largest absolute Gasteiger partial charge is 0.481 e. The van der Waals surface area contributed by atoms with Crippen LogP contribution in [0.4, 0.5) is 0 Å². The van der Waals surface area contributed by atoms with E-state index in [0.717, 1.165) is 4.31 Å². The van der Waals surface area contributed by atoms with Gasteiger partial charge in [-0.15, -0.1) is 0 Å². The van der Waals surface area contributed by atoms with Crippen LogP contribution in [0.2, 0.25) is 0 Å². The van der Waals surface area contributed by atoms with Crippen molar-refractivity contribution in [3.05, 3.63) is 0 Å². The van der Waals surface area contributed by atoms with E-state index in [2.05, 4.69) is 5.32 Å². The number of nitrogens with zero attached hydrogens (tertiary/aromatic N) is 1. The molecule has 17 heavy (non-hydrogen) atoms. The van der Waals surface area contributed by atoms with E-state index in [9.17, 15) is 18.0 Å². The molecule has 0 rings (SSSR count). The maximum atomic E-state index is 11.6. The molecule has 100 valence electrons. The summed E-state index contributed by atoms with van der Waals surface area (Å²) in [6.45, 7) is 1.63. The number of aliphatic carboxylic acids is 1. The van der Waals surface area contributed by atoms with Crippen molar-refractivity contribution in [2.75, 3.05) is 26.4 Å². The van der Waals surface area contributed by atoms with Crippen molar-refractivity contribution in [1.82, 2.24) is 9.62 Å². The number of rotatable bonds is 7. The minimum atomic E-state index is -3.62. The second-order valence-electron chi connectivity index (χ2n) is 3.76. The van der Waals surface area contributed by atoms with Gasteiger partial charge in [-0.05, 0) is 0 Å². The van der Waals surface area contributed by atoms with Crippen molar-refractivity contribution in [3.8, 4) is 0 Å². The van der Waals surface area contributed by atoms with Gasteiger partial charge in [-0.1, -0.05) is 6.92 Å². The predicted molar refractivity (Wildman–Crippen MR) is 61.9 cm³/mol. The molecule has 0 aromatic carbocycles. The van der Waals surface area contributed by atoms with Gasteiger partial charge >= 0.3 is 5.97 Å². The third kappa shape index (κ3) is 5.64. The molecule has 0 spiro atoms. The Bertz CT molecular complexity index is 379. The number of hydrogen-bond acceptors (Lipinski definition) is 4. The Labute approximate surface area is 101 Å². The normalized spacial score (nSPS) is 13.4. The number of amides is 1. The van der Waals surface area contributed by atoms with Crippen molar-refractivity contribution < 1.29 is 23.1 Å². The van der Waals surface area contributed by atoms with E-state index in [4.69, 9.17) is 5.11 Å². The van der Waals surface area contributed by atoms with Crippen LogP contribution in [0.15, 0.2) is 0 Å². The van der Waals surface area contributed by atoms with Gasteiger partial charge in [0.05, 0.1) is 12.2 Å².